The number of nitrogens with one attached hydrogen (secondary N) is 1. The van der Waals surface area contributed by atoms with Crippen LogP contribution in [-0.4, -0.2) is 16.9 Å². The number of benzene rings is 3. The Bertz CT molecular complexity index is 1310. The largest absolute Gasteiger partial charge is 0.457 e. The highest BCUT2D eigenvalue weighted by Crippen LogP contribution is 2.35. The van der Waals surface area contributed by atoms with Crippen molar-refractivity contribution in [2.45, 2.75) is 6.18 Å². The molecule has 0 radical (unpaired) electrons. The molecule has 5 nitrogen and oxygen atoms in total. The van der Waals surface area contributed by atoms with E-state index in [9.17, 15) is 22.8 Å². The topological polar surface area (TPSA) is 58.6 Å². The Labute approximate surface area is 202 Å². The first kappa shape index (κ1) is 23.5. The number of hydrogen-bond acceptors (Lipinski definition) is 4. The average Bonchev–Trinajstić information content (AvgIpc) is 2.77. The highest BCUT2D eigenvalue weighted by molar-refractivity contribution is 7.80. The van der Waals surface area contributed by atoms with Gasteiger partial charge in [0.2, 0.25) is 0 Å². The molecule has 0 spiro atoms. The van der Waals surface area contributed by atoms with Gasteiger partial charge in [0.25, 0.3) is 11.8 Å². The normalized spacial score (nSPS) is 15.5. The summed E-state index contributed by atoms with van der Waals surface area (Å²) < 4.78 is 44.6. The molecule has 2 amide bonds. The number of rotatable bonds is 4. The van der Waals surface area contributed by atoms with Gasteiger partial charge in [0.1, 0.15) is 17.1 Å². The molecule has 1 N–H and O–H groups in total. The molecule has 1 fully saturated rings. The third-order valence-electron chi connectivity index (χ3n) is 4.79. The monoisotopic (exact) mass is 502 g/mol. The van der Waals surface area contributed by atoms with Crippen molar-refractivity contribution >= 4 is 52.5 Å². The van der Waals surface area contributed by atoms with Crippen LogP contribution in [0, 0.1) is 0 Å². The molecule has 3 aromatic rings. The smallest absolute Gasteiger partial charge is 0.417 e. The molecule has 3 aromatic carbocycles. The maximum Gasteiger partial charge on any atom is 0.417 e. The summed E-state index contributed by atoms with van der Waals surface area (Å²) in [6.45, 7) is 0. The van der Waals surface area contributed by atoms with Crippen LogP contribution in [0.25, 0.3) is 6.08 Å². The van der Waals surface area contributed by atoms with Gasteiger partial charge in [-0.3, -0.25) is 19.8 Å². The van der Waals surface area contributed by atoms with Crippen molar-refractivity contribution in [2.24, 2.45) is 0 Å². The Morgan fingerprint density at radius 1 is 0.941 bits per heavy atom. The van der Waals surface area contributed by atoms with Crippen molar-refractivity contribution in [3.63, 3.8) is 0 Å². The minimum atomic E-state index is -4.62. The van der Waals surface area contributed by atoms with Gasteiger partial charge in [-0.1, -0.05) is 35.9 Å². The second-order valence-corrected chi connectivity index (χ2v) is 7.90. The van der Waals surface area contributed by atoms with E-state index >= 15 is 0 Å². The van der Waals surface area contributed by atoms with Crippen molar-refractivity contribution in [1.82, 2.24) is 5.32 Å². The first-order valence-corrected chi connectivity index (χ1v) is 10.5. The SMILES string of the molecule is O=C1NC(=S)N(c2ccc(Oc3ccccc3)cc2)C(=O)C1=Cc1ccc(C(F)(F)F)c(Cl)c1. The zero-order valence-corrected chi connectivity index (χ0v) is 18.7. The fraction of sp³-hybridized carbons (Fsp3) is 0.0417. The van der Waals surface area contributed by atoms with Crippen LogP contribution in [0.4, 0.5) is 18.9 Å². The molecular formula is C24H14ClF3N2O3S. The number of ether oxygens (including phenoxy) is 1. The summed E-state index contributed by atoms with van der Waals surface area (Å²) in [4.78, 5) is 26.6. The lowest BCUT2D eigenvalue weighted by Gasteiger charge is -2.29. The minimum absolute atomic E-state index is 0.130. The maximum absolute atomic E-state index is 13.1. The van der Waals surface area contributed by atoms with Crippen LogP contribution in [0.2, 0.25) is 5.02 Å². The molecule has 34 heavy (non-hydrogen) atoms. The maximum atomic E-state index is 13.1. The standard InChI is InChI=1S/C24H14ClF3N2O3S/c25-20-13-14(6-11-19(20)24(26,27)28)12-18-21(31)29-23(34)30(22(18)32)15-7-9-17(10-8-15)33-16-4-2-1-3-5-16/h1-13H,(H,29,31,34). The third-order valence-corrected chi connectivity index (χ3v) is 5.38. The highest BCUT2D eigenvalue weighted by atomic mass is 35.5. The lowest BCUT2D eigenvalue weighted by atomic mass is 10.1. The van der Waals surface area contributed by atoms with E-state index in [2.05, 4.69) is 5.32 Å². The van der Waals surface area contributed by atoms with Crippen molar-refractivity contribution in [3.8, 4) is 11.5 Å². The predicted octanol–water partition coefficient (Wildman–Crippen LogP) is 5.98. The molecule has 1 heterocycles. The minimum Gasteiger partial charge on any atom is -0.457 e. The van der Waals surface area contributed by atoms with Gasteiger partial charge < -0.3 is 4.74 Å². The summed E-state index contributed by atoms with van der Waals surface area (Å²) in [5, 5.41) is 1.74. The second-order valence-electron chi connectivity index (χ2n) is 7.10. The van der Waals surface area contributed by atoms with Crippen LogP contribution in [-0.2, 0) is 15.8 Å². The average molecular weight is 503 g/mol. The Morgan fingerprint density at radius 2 is 1.59 bits per heavy atom. The Morgan fingerprint density at radius 3 is 2.21 bits per heavy atom. The first-order valence-electron chi connectivity index (χ1n) is 9.74. The number of alkyl halides is 3. The van der Waals surface area contributed by atoms with E-state index in [1.165, 1.54) is 0 Å². The molecule has 4 rings (SSSR count). The van der Waals surface area contributed by atoms with Gasteiger partial charge in [0, 0.05) is 0 Å². The molecule has 0 atom stereocenters. The van der Waals surface area contributed by atoms with Gasteiger partial charge in [-0.25, -0.2) is 0 Å². The number of carbonyl (C=O) groups excluding carboxylic acids is 2. The number of halogens is 4. The van der Waals surface area contributed by atoms with E-state index in [-0.39, 0.29) is 16.2 Å². The molecule has 10 heteroatoms. The number of thiocarbonyl (C=S) groups is 1. The van der Waals surface area contributed by atoms with Crippen LogP contribution in [0.5, 0.6) is 11.5 Å². The lowest BCUT2D eigenvalue weighted by molar-refractivity contribution is -0.137. The number of hydrogen-bond donors (Lipinski definition) is 1. The van der Waals surface area contributed by atoms with E-state index in [1.807, 2.05) is 18.2 Å². The fourth-order valence-corrected chi connectivity index (χ4v) is 3.77. The van der Waals surface area contributed by atoms with E-state index in [1.54, 1.807) is 36.4 Å². The number of anilines is 1. The molecule has 1 aliphatic heterocycles. The molecule has 0 aliphatic carbocycles. The summed E-state index contributed by atoms with van der Waals surface area (Å²) in [5.74, 6) is -0.357. The summed E-state index contributed by atoms with van der Waals surface area (Å²) in [5.41, 5.74) is -0.812. The van der Waals surface area contributed by atoms with Gasteiger partial charge in [-0.2, -0.15) is 13.2 Å². The second kappa shape index (κ2) is 9.28. The van der Waals surface area contributed by atoms with Gasteiger partial charge >= 0.3 is 6.18 Å². The molecule has 0 saturated carbocycles. The number of carbonyl (C=O) groups is 2. The summed E-state index contributed by atoms with van der Waals surface area (Å²) in [6.07, 6.45) is -3.47. The first-order chi connectivity index (χ1) is 16.1. The molecule has 172 valence electrons. The highest BCUT2D eigenvalue weighted by Gasteiger charge is 2.35. The summed E-state index contributed by atoms with van der Waals surface area (Å²) in [6, 6.07) is 18.5. The van der Waals surface area contributed by atoms with Gasteiger partial charge in [-0.05, 0) is 72.4 Å². The van der Waals surface area contributed by atoms with Crippen molar-refractivity contribution in [2.75, 3.05) is 4.90 Å². The number of para-hydroxylation sites is 1. The van der Waals surface area contributed by atoms with E-state index in [0.29, 0.717) is 17.2 Å². The van der Waals surface area contributed by atoms with Crippen LogP contribution < -0.4 is 15.0 Å². The van der Waals surface area contributed by atoms with Crippen LogP contribution in [0.15, 0.2) is 78.4 Å². The zero-order valence-electron chi connectivity index (χ0n) is 17.1. The van der Waals surface area contributed by atoms with E-state index in [0.717, 1.165) is 29.2 Å². The molecule has 0 bridgehead atoms. The van der Waals surface area contributed by atoms with Crippen LogP contribution in [0.1, 0.15) is 11.1 Å². The Hall–Kier alpha value is -3.69. The Kier molecular flexibility index (Phi) is 6.41. The zero-order chi connectivity index (χ0) is 24.5. The van der Waals surface area contributed by atoms with E-state index < -0.39 is 28.6 Å². The molecule has 1 aliphatic rings. The van der Waals surface area contributed by atoms with E-state index in [4.69, 9.17) is 28.6 Å². The molecule has 0 aromatic heterocycles. The predicted molar refractivity (Wildman–Crippen MR) is 126 cm³/mol. The van der Waals surface area contributed by atoms with Gasteiger partial charge in [-0.15, -0.1) is 0 Å². The van der Waals surface area contributed by atoms with Crippen molar-refractivity contribution in [1.29, 1.82) is 0 Å². The van der Waals surface area contributed by atoms with Gasteiger partial charge in [0.05, 0.1) is 16.3 Å². The lowest BCUT2D eigenvalue weighted by Crippen LogP contribution is -2.54. The fourth-order valence-electron chi connectivity index (χ4n) is 3.20. The van der Waals surface area contributed by atoms with Crippen molar-refractivity contribution < 1.29 is 27.5 Å². The van der Waals surface area contributed by atoms with Gasteiger partial charge in [0.15, 0.2) is 5.11 Å². The molecule has 0 unspecified atom stereocenters. The summed E-state index contributed by atoms with van der Waals surface area (Å²) >= 11 is 10.9. The number of nitrogens with zero attached hydrogens (tertiary/aromatic N) is 1. The quantitative estimate of drug-likeness (QED) is 0.271. The Balaban J connectivity index is 1.60. The molecular weight excluding hydrogens is 489 g/mol. The third kappa shape index (κ3) is 4.95. The molecule has 1 saturated heterocycles. The summed E-state index contributed by atoms with van der Waals surface area (Å²) in [7, 11) is 0. The van der Waals surface area contributed by atoms with Crippen LogP contribution >= 0.6 is 23.8 Å². The van der Waals surface area contributed by atoms with Crippen LogP contribution in [0.3, 0.4) is 0 Å². The number of amides is 2. The van der Waals surface area contributed by atoms with Crippen molar-refractivity contribution in [3.05, 3.63) is 94.5 Å².